The van der Waals surface area contributed by atoms with Crippen molar-refractivity contribution in [2.75, 3.05) is 32.5 Å². The van der Waals surface area contributed by atoms with E-state index in [1.807, 2.05) is 6.07 Å². The molecule has 0 heterocycles. The molecule has 0 amide bonds. The summed E-state index contributed by atoms with van der Waals surface area (Å²) in [6, 6.07) is 5.23. The van der Waals surface area contributed by atoms with Gasteiger partial charge in [-0.3, -0.25) is 4.90 Å². The van der Waals surface area contributed by atoms with Crippen LogP contribution in [0, 0.1) is 5.92 Å². The molecule has 0 aliphatic heterocycles. The molecule has 0 spiro atoms. The highest BCUT2D eigenvalue weighted by molar-refractivity contribution is 5.95. The number of hydrogen-bond donors (Lipinski definition) is 2. The number of nitrogens with two attached hydrogens (primary N) is 1. The minimum Gasteiger partial charge on any atom is -0.478 e. The van der Waals surface area contributed by atoms with Gasteiger partial charge in [0.1, 0.15) is 0 Å². The Bertz CT molecular complexity index is 447. The normalized spacial score (nSPS) is 11.2. The summed E-state index contributed by atoms with van der Waals surface area (Å²) in [4.78, 5) is 13.5. The molecule has 0 aromatic heterocycles. The number of nitrogen functional groups attached to an aromatic ring is 1. The monoisotopic (exact) mass is 280 g/mol. The number of carboxylic acid groups (broad SMARTS) is 1. The van der Waals surface area contributed by atoms with E-state index in [-0.39, 0.29) is 5.56 Å². The van der Waals surface area contributed by atoms with E-state index in [2.05, 4.69) is 18.7 Å². The van der Waals surface area contributed by atoms with E-state index in [4.69, 9.17) is 10.5 Å². The van der Waals surface area contributed by atoms with Gasteiger partial charge in [0.05, 0.1) is 12.2 Å². The molecule has 1 rings (SSSR count). The van der Waals surface area contributed by atoms with Gasteiger partial charge < -0.3 is 15.6 Å². The lowest BCUT2D eigenvalue weighted by Gasteiger charge is -2.25. The molecule has 0 bridgehead atoms. The largest absolute Gasteiger partial charge is 0.478 e. The van der Waals surface area contributed by atoms with Gasteiger partial charge in [-0.15, -0.1) is 0 Å². The van der Waals surface area contributed by atoms with E-state index in [0.29, 0.717) is 24.8 Å². The van der Waals surface area contributed by atoms with Gasteiger partial charge in [0, 0.05) is 32.4 Å². The Labute approximate surface area is 120 Å². The van der Waals surface area contributed by atoms with Crippen molar-refractivity contribution >= 4 is 11.7 Å². The molecule has 0 fully saturated rings. The second-order valence-corrected chi connectivity index (χ2v) is 5.31. The van der Waals surface area contributed by atoms with Crippen LogP contribution in [0.2, 0.25) is 0 Å². The number of benzene rings is 1. The number of nitrogens with zero attached hydrogens (tertiary/aromatic N) is 1. The zero-order chi connectivity index (χ0) is 15.1. The number of carbonyl (C=O) groups is 1. The van der Waals surface area contributed by atoms with E-state index in [0.717, 1.165) is 18.7 Å². The third kappa shape index (κ3) is 4.83. The Morgan fingerprint density at radius 3 is 2.70 bits per heavy atom. The molecule has 1 aromatic rings. The van der Waals surface area contributed by atoms with Gasteiger partial charge in [-0.1, -0.05) is 26.0 Å². The average Bonchev–Trinajstić information content (AvgIpc) is 2.34. The third-order valence-electron chi connectivity index (χ3n) is 3.03. The summed E-state index contributed by atoms with van der Waals surface area (Å²) in [5.74, 6) is -0.476. The van der Waals surface area contributed by atoms with Crippen LogP contribution in [0.25, 0.3) is 0 Å². The predicted molar refractivity (Wildman–Crippen MR) is 79.8 cm³/mol. The molecule has 0 radical (unpaired) electrons. The van der Waals surface area contributed by atoms with Crippen LogP contribution >= 0.6 is 0 Å². The van der Waals surface area contributed by atoms with Crippen LogP contribution in [0.15, 0.2) is 18.2 Å². The molecule has 0 atom stereocenters. The van der Waals surface area contributed by atoms with Crippen molar-refractivity contribution in [1.82, 2.24) is 4.90 Å². The molecule has 0 unspecified atom stereocenters. The van der Waals surface area contributed by atoms with Crippen LogP contribution in [0.5, 0.6) is 0 Å². The first-order valence-electron chi connectivity index (χ1n) is 6.77. The second kappa shape index (κ2) is 7.87. The van der Waals surface area contributed by atoms with Crippen LogP contribution in [-0.4, -0.2) is 42.8 Å². The maximum atomic E-state index is 11.3. The fourth-order valence-electron chi connectivity index (χ4n) is 2.23. The van der Waals surface area contributed by atoms with Gasteiger partial charge in [-0.05, 0) is 17.5 Å². The Morgan fingerprint density at radius 2 is 2.15 bits per heavy atom. The molecule has 3 N–H and O–H groups in total. The van der Waals surface area contributed by atoms with Gasteiger partial charge in [0.15, 0.2) is 0 Å². The molecule has 0 aliphatic rings. The van der Waals surface area contributed by atoms with Crippen molar-refractivity contribution in [2.45, 2.75) is 20.4 Å². The van der Waals surface area contributed by atoms with Crippen LogP contribution in [0.3, 0.4) is 0 Å². The zero-order valence-electron chi connectivity index (χ0n) is 12.4. The molecular weight excluding hydrogens is 256 g/mol. The Balaban J connectivity index is 2.92. The minimum absolute atomic E-state index is 0.207. The maximum Gasteiger partial charge on any atom is 0.338 e. The fraction of sp³-hybridized carbons (Fsp3) is 0.533. The summed E-state index contributed by atoms with van der Waals surface area (Å²) in [6.45, 7) is 7.11. The van der Waals surface area contributed by atoms with Crippen molar-refractivity contribution in [3.05, 3.63) is 29.3 Å². The first-order valence-corrected chi connectivity index (χ1v) is 6.77. The summed E-state index contributed by atoms with van der Waals surface area (Å²) in [7, 11) is 1.66. The first-order chi connectivity index (χ1) is 9.45. The molecule has 0 saturated heterocycles. The van der Waals surface area contributed by atoms with E-state index in [1.54, 1.807) is 19.2 Å². The molecule has 0 aliphatic carbocycles. The minimum atomic E-state index is -0.977. The van der Waals surface area contributed by atoms with E-state index >= 15 is 0 Å². The van der Waals surface area contributed by atoms with Crippen molar-refractivity contribution in [3.63, 3.8) is 0 Å². The summed E-state index contributed by atoms with van der Waals surface area (Å²) in [5, 5.41) is 9.29. The SMILES string of the molecule is COCCN(Cc1cccc(N)c1C(=O)O)CC(C)C. The fourth-order valence-corrected chi connectivity index (χ4v) is 2.23. The zero-order valence-corrected chi connectivity index (χ0v) is 12.4. The highest BCUT2D eigenvalue weighted by Gasteiger charge is 2.16. The quantitative estimate of drug-likeness (QED) is 0.713. The topological polar surface area (TPSA) is 75.8 Å². The van der Waals surface area contributed by atoms with Crippen LogP contribution in [0.1, 0.15) is 29.8 Å². The predicted octanol–water partition coefficient (Wildman–Crippen LogP) is 2.07. The summed E-state index contributed by atoms with van der Waals surface area (Å²) < 4.78 is 5.11. The number of hydrogen-bond acceptors (Lipinski definition) is 4. The Kier molecular flexibility index (Phi) is 6.48. The third-order valence-corrected chi connectivity index (χ3v) is 3.03. The smallest absolute Gasteiger partial charge is 0.338 e. The highest BCUT2D eigenvalue weighted by Crippen LogP contribution is 2.19. The Morgan fingerprint density at radius 1 is 1.45 bits per heavy atom. The van der Waals surface area contributed by atoms with Gasteiger partial charge in [0.25, 0.3) is 0 Å². The first kappa shape index (κ1) is 16.5. The molecular formula is C15H24N2O3. The van der Waals surface area contributed by atoms with Gasteiger partial charge in [-0.25, -0.2) is 4.79 Å². The highest BCUT2D eigenvalue weighted by atomic mass is 16.5. The standard InChI is InChI=1S/C15H24N2O3/c1-11(2)9-17(7-8-20-3)10-12-5-4-6-13(16)14(12)15(18)19/h4-6,11H,7-10,16H2,1-3H3,(H,18,19). The van der Waals surface area contributed by atoms with Crippen LogP contribution in [-0.2, 0) is 11.3 Å². The van der Waals surface area contributed by atoms with Crippen molar-refractivity contribution < 1.29 is 14.6 Å². The van der Waals surface area contributed by atoms with Crippen LogP contribution < -0.4 is 5.73 Å². The Hall–Kier alpha value is -1.59. The number of ether oxygens (including phenoxy) is 1. The molecule has 20 heavy (non-hydrogen) atoms. The van der Waals surface area contributed by atoms with Gasteiger partial charge >= 0.3 is 5.97 Å². The van der Waals surface area contributed by atoms with E-state index in [1.165, 1.54) is 0 Å². The summed E-state index contributed by atoms with van der Waals surface area (Å²) >= 11 is 0. The molecule has 0 saturated carbocycles. The number of methoxy groups -OCH3 is 1. The maximum absolute atomic E-state index is 11.3. The van der Waals surface area contributed by atoms with Crippen molar-refractivity contribution in [3.8, 4) is 0 Å². The molecule has 5 nitrogen and oxygen atoms in total. The van der Waals surface area contributed by atoms with Gasteiger partial charge in [0.2, 0.25) is 0 Å². The number of rotatable bonds is 8. The lowest BCUT2D eigenvalue weighted by Crippen LogP contribution is -2.31. The molecule has 5 heteroatoms. The molecule has 1 aromatic carbocycles. The summed E-state index contributed by atoms with van der Waals surface area (Å²) in [5.41, 5.74) is 7.04. The van der Waals surface area contributed by atoms with Gasteiger partial charge in [-0.2, -0.15) is 0 Å². The number of aromatic carboxylic acids is 1. The molecule has 112 valence electrons. The lowest BCUT2D eigenvalue weighted by molar-refractivity contribution is 0.0695. The second-order valence-electron chi connectivity index (χ2n) is 5.31. The number of anilines is 1. The summed E-state index contributed by atoms with van der Waals surface area (Å²) in [6.07, 6.45) is 0. The average molecular weight is 280 g/mol. The van der Waals surface area contributed by atoms with E-state index in [9.17, 15) is 9.90 Å². The van der Waals surface area contributed by atoms with E-state index < -0.39 is 5.97 Å². The van der Waals surface area contributed by atoms with Crippen molar-refractivity contribution in [2.24, 2.45) is 5.92 Å². The number of carboxylic acids is 1. The van der Waals surface area contributed by atoms with Crippen LogP contribution in [0.4, 0.5) is 5.69 Å². The van der Waals surface area contributed by atoms with Crippen molar-refractivity contribution in [1.29, 1.82) is 0 Å². The lowest BCUT2D eigenvalue weighted by atomic mass is 10.0.